The molecule has 5 heterocycles. The average Bonchev–Trinajstić information content (AvgIpc) is 3.45. The Kier molecular flexibility index (Phi) is 5.32. The SMILES string of the molecule is O=C(N1CCc2cnc(NC3CCOCC3)nc2C1)N1CCCC1c1nccs1. The molecule has 1 N–H and O–H groups in total. The van der Waals surface area contributed by atoms with Crippen molar-refractivity contribution in [3.63, 3.8) is 0 Å². The highest BCUT2D eigenvalue weighted by Gasteiger charge is 2.35. The highest BCUT2D eigenvalue weighted by molar-refractivity contribution is 7.09. The average molecular weight is 415 g/mol. The van der Waals surface area contributed by atoms with Gasteiger partial charge >= 0.3 is 6.03 Å². The molecule has 1 atom stereocenters. The summed E-state index contributed by atoms with van der Waals surface area (Å²) in [6.07, 6.45) is 8.50. The molecule has 0 spiro atoms. The maximum Gasteiger partial charge on any atom is 0.320 e. The summed E-state index contributed by atoms with van der Waals surface area (Å²) in [6.45, 7) is 3.61. The lowest BCUT2D eigenvalue weighted by atomic mass is 10.1. The van der Waals surface area contributed by atoms with E-state index in [-0.39, 0.29) is 12.1 Å². The molecule has 5 rings (SSSR count). The highest BCUT2D eigenvalue weighted by atomic mass is 32.1. The lowest BCUT2D eigenvalue weighted by Crippen LogP contribution is -2.45. The van der Waals surface area contributed by atoms with Crippen molar-refractivity contribution in [1.82, 2.24) is 24.8 Å². The van der Waals surface area contributed by atoms with E-state index in [2.05, 4.69) is 15.3 Å². The summed E-state index contributed by atoms with van der Waals surface area (Å²) in [5.74, 6) is 0.659. The number of nitrogens with one attached hydrogen (secondary N) is 1. The van der Waals surface area contributed by atoms with Gasteiger partial charge in [0, 0.05) is 50.1 Å². The van der Waals surface area contributed by atoms with Gasteiger partial charge in [-0.15, -0.1) is 11.3 Å². The molecule has 3 aliphatic rings. The van der Waals surface area contributed by atoms with Crippen molar-refractivity contribution in [3.8, 4) is 0 Å². The van der Waals surface area contributed by atoms with Crippen LogP contribution in [0.5, 0.6) is 0 Å². The topological polar surface area (TPSA) is 83.5 Å². The number of nitrogens with zero attached hydrogens (tertiary/aromatic N) is 5. The van der Waals surface area contributed by atoms with Crippen LogP contribution in [0.25, 0.3) is 0 Å². The zero-order chi connectivity index (χ0) is 19.6. The minimum Gasteiger partial charge on any atom is -0.381 e. The zero-order valence-corrected chi connectivity index (χ0v) is 17.2. The number of aromatic nitrogens is 3. The lowest BCUT2D eigenvalue weighted by molar-refractivity contribution is 0.0903. The van der Waals surface area contributed by atoms with Gasteiger partial charge in [0.15, 0.2) is 0 Å². The number of rotatable bonds is 3. The Morgan fingerprint density at radius 1 is 1.21 bits per heavy atom. The molecule has 2 saturated heterocycles. The number of carbonyl (C=O) groups is 1. The van der Waals surface area contributed by atoms with E-state index in [1.54, 1.807) is 11.3 Å². The summed E-state index contributed by atoms with van der Waals surface area (Å²) in [6, 6.07) is 0.567. The van der Waals surface area contributed by atoms with E-state index in [0.29, 0.717) is 25.1 Å². The van der Waals surface area contributed by atoms with Gasteiger partial charge < -0.3 is 19.9 Å². The Balaban J connectivity index is 1.28. The highest BCUT2D eigenvalue weighted by Crippen LogP contribution is 2.34. The molecule has 0 aliphatic carbocycles. The van der Waals surface area contributed by atoms with E-state index in [9.17, 15) is 4.79 Å². The Labute approximate surface area is 174 Å². The fraction of sp³-hybridized carbons (Fsp3) is 0.600. The van der Waals surface area contributed by atoms with Crippen molar-refractivity contribution >= 4 is 23.3 Å². The molecule has 29 heavy (non-hydrogen) atoms. The first kappa shape index (κ1) is 18.7. The summed E-state index contributed by atoms with van der Waals surface area (Å²) >= 11 is 1.63. The predicted octanol–water partition coefficient (Wildman–Crippen LogP) is 2.84. The van der Waals surface area contributed by atoms with Crippen LogP contribution in [0.4, 0.5) is 10.7 Å². The van der Waals surface area contributed by atoms with E-state index < -0.39 is 0 Å². The third-order valence-electron chi connectivity index (χ3n) is 6.01. The Hall–Kier alpha value is -2.26. The van der Waals surface area contributed by atoms with Crippen molar-refractivity contribution in [2.24, 2.45) is 0 Å². The molecule has 2 fully saturated rings. The summed E-state index contributed by atoms with van der Waals surface area (Å²) in [5, 5.41) is 6.46. The van der Waals surface area contributed by atoms with E-state index in [0.717, 1.165) is 68.1 Å². The summed E-state index contributed by atoms with van der Waals surface area (Å²) in [7, 11) is 0. The molecule has 154 valence electrons. The van der Waals surface area contributed by atoms with Crippen LogP contribution in [0.2, 0.25) is 0 Å². The van der Waals surface area contributed by atoms with Crippen LogP contribution in [0, 0.1) is 0 Å². The standard InChI is InChI=1S/C20H26N6O2S/c27-20(26-7-1-2-17(26)18-21-6-11-29-18)25-8-3-14-12-22-19(24-16(14)13-25)23-15-4-9-28-10-5-15/h6,11-12,15,17H,1-5,7-10,13H2,(H,22,23,24). The quantitative estimate of drug-likeness (QED) is 0.832. The second-order valence-electron chi connectivity index (χ2n) is 7.87. The van der Waals surface area contributed by atoms with Crippen LogP contribution >= 0.6 is 11.3 Å². The summed E-state index contributed by atoms with van der Waals surface area (Å²) in [5.41, 5.74) is 2.10. The van der Waals surface area contributed by atoms with Gasteiger partial charge in [-0.05, 0) is 37.7 Å². The van der Waals surface area contributed by atoms with Gasteiger partial charge in [-0.3, -0.25) is 0 Å². The number of ether oxygens (including phenoxy) is 1. The van der Waals surface area contributed by atoms with Gasteiger partial charge in [-0.25, -0.2) is 19.7 Å². The van der Waals surface area contributed by atoms with Crippen molar-refractivity contribution in [2.75, 3.05) is 31.6 Å². The number of thiazole rings is 1. The number of fused-ring (bicyclic) bond motifs is 1. The maximum absolute atomic E-state index is 13.3. The number of anilines is 1. The van der Waals surface area contributed by atoms with Gasteiger partial charge in [-0.1, -0.05) is 0 Å². The maximum atomic E-state index is 13.3. The number of amides is 2. The van der Waals surface area contributed by atoms with Crippen molar-refractivity contribution in [1.29, 1.82) is 0 Å². The lowest BCUT2D eigenvalue weighted by Gasteiger charge is -2.34. The number of hydrogen-bond acceptors (Lipinski definition) is 7. The Bertz CT molecular complexity index is 855. The summed E-state index contributed by atoms with van der Waals surface area (Å²) in [4.78, 5) is 30.9. The number of urea groups is 1. The first-order valence-corrected chi connectivity index (χ1v) is 11.3. The molecule has 3 aliphatic heterocycles. The van der Waals surface area contributed by atoms with E-state index >= 15 is 0 Å². The zero-order valence-electron chi connectivity index (χ0n) is 16.4. The van der Waals surface area contributed by atoms with Gasteiger partial charge in [0.25, 0.3) is 0 Å². The van der Waals surface area contributed by atoms with Gasteiger partial charge in [0.1, 0.15) is 5.01 Å². The van der Waals surface area contributed by atoms with Gasteiger partial charge in [0.2, 0.25) is 5.95 Å². The molecular weight excluding hydrogens is 388 g/mol. The van der Waals surface area contributed by atoms with E-state index in [1.807, 2.05) is 27.6 Å². The largest absolute Gasteiger partial charge is 0.381 e. The van der Waals surface area contributed by atoms with Gasteiger partial charge in [0.05, 0.1) is 18.3 Å². The molecule has 2 amide bonds. The van der Waals surface area contributed by atoms with Crippen molar-refractivity contribution < 1.29 is 9.53 Å². The minimum atomic E-state index is 0.103. The molecule has 9 heteroatoms. The van der Waals surface area contributed by atoms with Crippen LogP contribution in [-0.2, 0) is 17.7 Å². The van der Waals surface area contributed by atoms with Crippen molar-refractivity contribution in [3.05, 3.63) is 34.0 Å². The molecule has 2 aromatic heterocycles. The first-order valence-electron chi connectivity index (χ1n) is 10.4. The molecular formula is C20H26N6O2S. The molecule has 0 saturated carbocycles. The monoisotopic (exact) mass is 414 g/mol. The number of carbonyl (C=O) groups excluding carboxylic acids is 1. The molecule has 0 aromatic carbocycles. The second-order valence-corrected chi connectivity index (χ2v) is 8.80. The van der Waals surface area contributed by atoms with E-state index in [1.165, 1.54) is 0 Å². The van der Waals surface area contributed by atoms with Crippen LogP contribution in [0.1, 0.15) is 48.0 Å². The Morgan fingerprint density at radius 2 is 2.10 bits per heavy atom. The van der Waals surface area contributed by atoms with Gasteiger partial charge in [-0.2, -0.15) is 0 Å². The molecule has 8 nitrogen and oxygen atoms in total. The van der Waals surface area contributed by atoms with Crippen LogP contribution in [0.3, 0.4) is 0 Å². The van der Waals surface area contributed by atoms with Crippen LogP contribution < -0.4 is 5.32 Å². The summed E-state index contributed by atoms with van der Waals surface area (Å²) < 4.78 is 5.42. The number of likely N-dealkylation sites (tertiary alicyclic amines) is 1. The fourth-order valence-electron chi connectivity index (χ4n) is 4.39. The smallest absolute Gasteiger partial charge is 0.320 e. The number of hydrogen-bond donors (Lipinski definition) is 1. The second kappa shape index (κ2) is 8.23. The first-order chi connectivity index (χ1) is 14.3. The molecule has 2 aromatic rings. The third kappa shape index (κ3) is 3.93. The van der Waals surface area contributed by atoms with Crippen LogP contribution in [-0.4, -0.2) is 63.1 Å². The minimum absolute atomic E-state index is 0.103. The molecule has 0 bridgehead atoms. The molecule has 1 unspecified atom stereocenters. The third-order valence-corrected chi connectivity index (χ3v) is 6.88. The van der Waals surface area contributed by atoms with Crippen molar-refractivity contribution in [2.45, 2.75) is 50.7 Å². The fourth-order valence-corrected chi connectivity index (χ4v) is 5.18. The van der Waals surface area contributed by atoms with Crippen LogP contribution in [0.15, 0.2) is 17.8 Å². The molecule has 0 radical (unpaired) electrons. The Morgan fingerprint density at radius 3 is 2.93 bits per heavy atom. The normalized spacial score (nSPS) is 22.6. The predicted molar refractivity (Wildman–Crippen MR) is 110 cm³/mol. The van der Waals surface area contributed by atoms with E-state index in [4.69, 9.17) is 9.72 Å².